The summed E-state index contributed by atoms with van der Waals surface area (Å²) >= 11 is 0. The Kier molecular flexibility index (Phi) is 6.83. The average molecular weight is 355 g/mol. The van der Waals surface area contributed by atoms with Gasteiger partial charge in [0.1, 0.15) is 0 Å². The Morgan fingerprint density at radius 2 is 1.88 bits per heavy atom. The molecule has 140 valence electrons. The van der Waals surface area contributed by atoms with E-state index in [0.29, 0.717) is 6.61 Å². The van der Waals surface area contributed by atoms with E-state index in [4.69, 9.17) is 9.47 Å². The van der Waals surface area contributed by atoms with Gasteiger partial charge in [-0.3, -0.25) is 9.97 Å². The molecule has 5 heteroatoms. The Balaban J connectivity index is 1.59. The number of benzene rings is 1. The molecule has 0 unspecified atom stereocenters. The van der Waals surface area contributed by atoms with Gasteiger partial charge in [0.05, 0.1) is 25.1 Å². The number of rotatable bonds is 9. The highest BCUT2D eigenvalue weighted by molar-refractivity contribution is 5.43. The summed E-state index contributed by atoms with van der Waals surface area (Å²) in [5.74, 6) is 1.59. The number of nitrogens with zero attached hydrogens (tertiary/aromatic N) is 3. The van der Waals surface area contributed by atoms with Gasteiger partial charge in [-0.2, -0.15) is 0 Å². The van der Waals surface area contributed by atoms with Crippen LogP contribution in [0.5, 0.6) is 11.5 Å². The number of aromatic nitrogens is 2. The maximum absolute atomic E-state index is 6.02. The lowest BCUT2D eigenvalue weighted by molar-refractivity contribution is 0.254. The van der Waals surface area contributed by atoms with Crippen molar-refractivity contribution < 1.29 is 9.47 Å². The molecule has 0 aliphatic carbocycles. The summed E-state index contributed by atoms with van der Waals surface area (Å²) in [5, 5.41) is 0. The van der Waals surface area contributed by atoms with Crippen LogP contribution in [0.2, 0.25) is 0 Å². The Morgan fingerprint density at radius 1 is 1.08 bits per heavy atom. The molecule has 0 spiro atoms. The number of hydrogen-bond donors (Lipinski definition) is 0. The molecule has 1 aromatic carbocycles. The zero-order valence-electron chi connectivity index (χ0n) is 15.9. The minimum Gasteiger partial charge on any atom is -0.493 e. The molecule has 5 nitrogen and oxygen atoms in total. The van der Waals surface area contributed by atoms with Crippen molar-refractivity contribution in [3.63, 3.8) is 0 Å². The van der Waals surface area contributed by atoms with Gasteiger partial charge in [0.15, 0.2) is 11.5 Å². The van der Waals surface area contributed by atoms with Crippen molar-refractivity contribution in [2.45, 2.75) is 39.0 Å². The van der Waals surface area contributed by atoms with Crippen LogP contribution in [0.3, 0.4) is 0 Å². The van der Waals surface area contributed by atoms with E-state index in [-0.39, 0.29) is 0 Å². The second-order valence-electron chi connectivity index (χ2n) is 6.77. The van der Waals surface area contributed by atoms with Crippen molar-refractivity contribution in [3.8, 4) is 11.5 Å². The van der Waals surface area contributed by atoms with E-state index in [1.54, 1.807) is 7.11 Å². The molecule has 0 amide bonds. The Morgan fingerprint density at radius 3 is 2.65 bits per heavy atom. The number of hydrogen-bond acceptors (Lipinski definition) is 5. The maximum atomic E-state index is 6.02. The fourth-order valence-electron chi connectivity index (χ4n) is 3.34. The highest BCUT2D eigenvalue weighted by atomic mass is 16.5. The molecule has 0 bridgehead atoms. The first-order valence-corrected chi connectivity index (χ1v) is 9.60. The van der Waals surface area contributed by atoms with Crippen LogP contribution in [-0.2, 0) is 12.8 Å². The predicted molar refractivity (Wildman–Crippen MR) is 103 cm³/mol. The number of aryl methyl sites for hydroxylation is 1. The van der Waals surface area contributed by atoms with Crippen LogP contribution in [0.1, 0.15) is 43.1 Å². The fourth-order valence-corrected chi connectivity index (χ4v) is 3.34. The van der Waals surface area contributed by atoms with Crippen LogP contribution in [-0.4, -0.2) is 48.2 Å². The van der Waals surface area contributed by atoms with E-state index in [9.17, 15) is 0 Å². The second kappa shape index (κ2) is 9.53. The molecule has 26 heavy (non-hydrogen) atoms. The molecule has 0 atom stereocenters. The monoisotopic (exact) mass is 355 g/mol. The van der Waals surface area contributed by atoms with Crippen molar-refractivity contribution in [2.24, 2.45) is 0 Å². The summed E-state index contributed by atoms with van der Waals surface area (Å²) in [4.78, 5) is 11.4. The molecular weight excluding hydrogens is 326 g/mol. The lowest BCUT2D eigenvalue weighted by atomic mass is 10.1. The summed E-state index contributed by atoms with van der Waals surface area (Å²) in [7, 11) is 1.68. The second-order valence-corrected chi connectivity index (χ2v) is 6.77. The summed E-state index contributed by atoms with van der Waals surface area (Å²) in [5.41, 5.74) is 3.16. The van der Waals surface area contributed by atoms with Gasteiger partial charge in [0.2, 0.25) is 0 Å². The molecule has 1 aliphatic rings. The fraction of sp³-hybridized carbons (Fsp3) is 0.524. The molecule has 2 aromatic rings. The first-order chi connectivity index (χ1) is 12.8. The van der Waals surface area contributed by atoms with E-state index < -0.39 is 0 Å². The van der Waals surface area contributed by atoms with Gasteiger partial charge in [-0.1, -0.05) is 13.0 Å². The largest absolute Gasteiger partial charge is 0.493 e. The van der Waals surface area contributed by atoms with Crippen molar-refractivity contribution in [1.29, 1.82) is 0 Å². The van der Waals surface area contributed by atoms with E-state index in [1.807, 2.05) is 18.5 Å². The summed E-state index contributed by atoms with van der Waals surface area (Å²) < 4.78 is 11.5. The van der Waals surface area contributed by atoms with Crippen molar-refractivity contribution in [1.82, 2.24) is 14.9 Å². The third-order valence-corrected chi connectivity index (χ3v) is 4.78. The highest BCUT2D eigenvalue weighted by Gasteiger charge is 2.11. The lowest BCUT2D eigenvalue weighted by Crippen LogP contribution is -2.21. The zero-order chi connectivity index (χ0) is 18.2. The quantitative estimate of drug-likeness (QED) is 0.644. The first-order valence-electron chi connectivity index (χ1n) is 9.60. The minimum absolute atomic E-state index is 0.710. The van der Waals surface area contributed by atoms with Crippen LogP contribution in [0.25, 0.3) is 0 Å². The molecule has 2 heterocycles. The standard InChI is InChI=1S/C21H29N3O2/c1-3-18-15-22-16-19(23-18)13-17-7-8-20(25-2)21(14-17)26-12-6-11-24-9-4-5-10-24/h7-8,14-16H,3-6,9-13H2,1-2H3. The maximum Gasteiger partial charge on any atom is 0.161 e. The molecule has 0 N–H and O–H groups in total. The number of ether oxygens (including phenoxy) is 2. The topological polar surface area (TPSA) is 47.5 Å². The van der Waals surface area contributed by atoms with Gasteiger partial charge in [-0.15, -0.1) is 0 Å². The van der Waals surface area contributed by atoms with E-state index in [1.165, 1.54) is 25.9 Å². The van der Waals surface area contributed by atoms with Crippen LogP contribution in [0, 0.1) is 0 Å². The van der Waals surface area contributed by atoms with E-state index >= 15 is 0 Å². The van der Waals surface area contributed by atoms with Crippen LogP contribution < -0.4 is 9.47 Å². The van der Waals surface area contributed by atoms with Crippen molar-refractivity contribution >= 4 is 0 Å². The molecule has 1 aliphatic heterocycles. The molecule has 1 saturated heterocycles. The van der Waals surface area contributed by atoms with Crippen LogP contribution in [0.15, 0.2) is 30.6 Å². The summed E-state index contributed by atoms with van der Waals surface area (Å²) in [6, 6.07) is 6.10. The van der Waals surface area contributed by atoms with Crippen LogP contribution in [0.4, 0.5) is 0 Å². The third-order valence-electron chi connectivity index (χ3n) is 4.78. The van der Waals surface area contributed by atoms with Gasteiger partial charge in [0, 0.05) is 25.4 Å². The molecular formula is C21H29N3O2. The SMILES string of the molecule is CCc1cncc(Cc2ccc(OC)c(OCCCN3CCCC3)c2)n1. The van der Waals surface area contributed by atoms with Gasteiger partial charge in [0.25, 0.3) is 0 Å². The van der Waals surface area contributed by atoms with Gasteiger partial charge >= 0.3 is 0 Å². The van der Waals surface area contributed by atoms with Gasteiger partial charge in [-0.25, -0.2) is 0 Å². The predicted octanol–water partition coefficient (Wildman–Crippen LogP) is 3.50. The van der Waals surface area contributed by atoms with E-state index in [0.717, 1.165) is 54.3 Å². The van der Waals surface area contributed by atoms with Crippen molar-refractivity contribution in [2.75, 3.05) is 33.4 Å². The van der Waals surface area contributed by atoms with Gasteiger partial charge < -0.3 is 14.4 Å². The lowest BCUT2D eigenvalue weighted by Gasteiger charge is -2.16. The first kappa shape index (κ1) is 18.6. The molecule has 0 radical (unpaired) electrons. The van der Waals surface area contributed by atoms with Crippen LogP contribution >= 0.6 is 0 Å². The number of likely N-dealkylation sites (tertiary alicyclic amines) is 1. The van der Waals surface area contributed by atoms with Gasteiger partial charge in [-0.05, 0) is 56.5 Å². The molecule has 1 aromatic heterocycles. The molecule has 1 fully saturated rings. The smallest absolute Gasteiger partial charge is 0.161 e. The highest BCUT2D eigenvalue weighted by Crippen LogP contribution is 2.29. The zero-order valence-corrected chi connectivity index (χ0v) is 15.9. The Bertz CT molecular complexity index is 699. The minimum atomic E-state index is 0.710. The van der Waals surface area contributed by atoms with Crippen molar-refractivity contribution in [3.05, 3.63) is 47.5 Å². The Labute approximate surface area is 156 Å². The number of methoxy groups -OCH3 is 1. The third kappa shape index (κ3) is 5.18. The molecule has 0 saturated carbocycles. The summed E-state index contributed by atoms with van der Waals surface area (Å²) in [6.45, 7) is 6.38. The van der Waals surface area contributed by atoms with E-state index in [2.05, 4.69) is 33.9 Å². The summed E-state index contributed by atoms with van der Waals surface area (Å²) in [6.07, 6.45) is 9.01. The Hall–Kier alpha value is -2.14. The normalized spacial score (nSPS) is 14.5. The molecule has 3 rings (SSSR count). The average Bonchev–Trinajstić information content (AvgIpc) is 3.19.